The van der Waals surface area contributed by atoms with Gasteiger partial charge in [-0.15, -0.1) is 0 Å². The molecule has 1 N–H and O–H groups in total. The lowest BCUT2D eigenvalue weighted by Gasteiger charge is -2.19. The molecule has 0 spiro atoms. The minimum absolute atomic E-state index is 0.0365. The quantitative estimate of drug-likeness (QED) is 0.424. The molecule has 1 aliphatic rings. The van der Waals surface area contributed by atoms with E-state index in [-0.39, 0.29) is 23.5 Å². The van der Waals surface area contributed by atoms with Gasteiger partial charge in [-0.25, -0.2) is 13.5 Å². The van der Waals surface area contributed by atoms with Crippen LogP contribution in [0.5, 0.6) is 11.5 Å². The number of alkyl halides is 4. The molecule has 1 aromatic heterocycles. The van der Waals surface area contributed by atoms with Gasteiger partial charge < -0.3 is 19.7 Å². The van der Waals surface area contributed by atoms with E-state index >= 15 is 0 Å². The first-order valence-corrected chi connectivity index (χ1v) is 11.3. The molecule has 3 aromatic rings. The van der Waals surface area contributed by atoms with Crippen LogP contribution in [0.3, 0.4) is 0 Å². The van der Waals surface area contributed by atoms with Crippen LogP contribution in [-0.4, -0.2) is 54.3 Å². The number of nitrogens with one attached hydrogen (secondary N) is 1. The molecule has 1 aliphatic heterocycles. The number of hydrogen-bond donors (Lipinski definition) is 1. The van der Waals surface area contributed by atoms with Crippen LogP contribution in [0.25, 0.3) is 0 Å². The number of amides is 2. The van der Waals surface area contributed by atoms with Crippen LogP contribution in [-0.2, 0) is 11.3 Å². The van der Waals surface area contributed by atoms with Gasteiger partial charge in [0.05, 0.1) is 7.11 Å². The van der Waals surface area contributed by atoms with E-state index in [1.54, 1.807) is 24.3 Å². The van der Waals surface area contributed by atoms with Crippen LogP contribution < -0.4 is 25.2 Å². The summed E-state index contributed by atoms with van der Waals surface area (Å²) >= 11 is 0. The first kappa shape index (κ1) is 26.6. The molecule has 2 amide bonds. The van der Waals surface area contributed by atoms with E-state index in [2.05, 4.69) is 15.2 Å². The number of rotatable bonds is 9. The molecule has 13 heteroatoms. The van der Waals surface area contributed by atoms with E-state index in [0.717, 1.165) is 11.1 Å². The van der Waals surface area contributed by atoms with Crippen LogP contribution in [0, 0.1) is 0 Å². The fourth-order valence-corrected chi connectivity index (χ4v) is 4.18. The van der Waals surface area contributed by atoms with Crippen LogP contribution in [0.15, 0.2) is 65.6 Å². The summed E-state index contributed by atoms with van der Waals surface area (Å²) in [5, 5.41) is 6.30. The van der Waals surface area contributed by atoms with Crippen molar-refractivity contribution in [3.63, 3.8) is 0 Å². The SMILES string of the molecule is COc1ccc([C@@H]2CN(c3ccnn(CC(F)F)c3=O)C(=O)[C@H]2NC(=O)c2ccc(OC(F)F)cc2)cc1. The van der Waals surface area contributed by atoms with Crippen molar-refractivity contribution in [2.24, 2.45) is 0 Å². The maximum Gasteiger partial charge on any atom is 0.387 e. The Bertz CT molecular complexity index is 1350. The molecular formula is C25H22F4N4O5. The van der Waals surface area contributed by atoms with Gasteiger partial charge in [-0.3, -0.25) is 14.4 Å². The number of carbonyl (C=O) groups excluding carboxylic acids is 2. The average Bonchev–Trinajstić information content (AvgIpc) is 3.20. The highest BCUT2D eigenvalue weighted by Gasteiger charge is 2.43. The molecule has 0 radical (unpaired) electrons. The standard InChI is InChI=1S/C25H22F4N4O5/c1-37-16-6-2-14(3-7-16)18-12-32(19-10-11-30-33(23(19)35)13-20(26)27)24(36)21(18)31-22(34)15-4-8-17(9-5-15)38-25(28)29/h2-11,18,20-21,25H,12-13H2,1H3,(H,31,34)/t18-,21-/m0/s1. The summed E-state index contributed by atoms with van der Waals surface area (Å²) in [5.41, 5.74) is -0.310. The number of halogens is 4. The van der Waals surface area contributed by atoms with Crippen molar-refractivity contribution in [3.8, 4) is 11.5 Å². The Hall–Kier alpha value is -4.42. The topological polar surface area (TPSA) is 103 Å². The predicted octanol–water partition coefficient (Wildman–Crippen LogP) is 3.05. The highest BCUT2D eigenvalue weighted by Crippen LogP contribution is 2.32. The molecule has 38 heavy (non-hydrogen) atoms. The van der Waals surface area contributed by atoms with Gasteiger partial charge in [0.1, 0.15) is 29.8 Å². The number of methoxy groups -OCH3 is 1. The number of aromatic nitrogens is 2. The number of anilines is 1. The normalized spacial score (nSPS) is 17.2. The highest BCUT2D eigenvalue weighted by atomic mass is 19.3. The molecule has 0 unspecified atom stereocenters. The van der Waals surface area contributed by atoms with Gasteiger partial charge in [0.15, 0.2) is 0 Å². The highest BCUT2D eigenvalue weighted by molar-refractivity contribution is 6.04. The molecular weight excluding hydrogens is 512 g/mol. The molecule has 0 bridgehead atoms. The molecule has 0 aliphatic carbocycles. The molecule has 2 heterocycles. The Balaban J connectivity index is 1.65. The van der Waals surface area contributed by atoms with E-state index in [4.69, 9.17) is 4.74 Å². The van der Waals surface area contributed by atoms with Crippen molar-refractivity contribution >= 4 is 17.5 Å². The zero-order valence-electron chi connectivity index (χ0n) is 19.9. The van der Waals surface area contributed by atoms with Crippen LogP contribution in [0.4, 0.5) is 23.2 Å². The lowest BCUT2D eigenvalue weighted by Crippen LogP contribution is -2.44. The van der Waals surface area contributed by atoms with Crippen molar-refractivity contribution in [3.05, 3.63) is 82.3 Å². The zero-order valence-corrected chi connectivity index (χ0v) is 19.9. The van der Waals surface area contributed by atoms with Gasteiger partial charge in [-0.1, -0.05) is 12.1 Å². The third kappa shape index (κ3) is 5.76. The fraction of sp³-hybridized carbons (Fsp3) is 0.280. The van der Waals surface area contributed by atoms with Crippen molar-refractivity contribution in [2.45, 2.75) is 31.5 Å². The fourth-order valence-electron chi connectivity index (χ4n) is 4.18. The van der Waals surface area contributed by atoms with Gasteiger partial charge in [-0.05, 0) is 48.0 Å². The van der Waals surface area contributed by atoms with Crippen LogP contribution in [0.1, 0.15) is 21.8 Å². The number of nitrogens with zero attached hydrogens (tertiary/aromatic N) is 3. The van der Waals surface area contributed by atoms with Gasteiger partial charge in [0, 0.05) is 24.2 Å². The lowest BCUT2D eigenvalue weighted by atomic mass is 9.93. The Labute approximate surface area is 213 Å². The summed E-state index contributed by atoms with van der Waals surface area (Å²) in [6.07, 6.45) is -1.69. The van der Waals surface area contributed by atoms with Gasteiger partial charge in [0.25, 0.3) is 17.9 Å². The summed E-state index contributed by atoms with van der Waals surface area (Å²) in [6.45, 7) is -4.01. The molecule has 1 saturated heterocycles. The Kier molecular flexibility index (Phi) is 7.93. The van der Waals surface area contributed by atoms with Crippen molar-refractivity contribution in [2.75, 3.05) is 18.6 Å². The summed E-state index contributed by atoms with van der Waals surface area (Å²) in [4.78, 5) is 40.5. The third-order valence-electron chi connectivity index (χ3n) is 5.98. The summed E-state index contributed by atoms with van der Waals surface area (Å²) < 4.78 is 60.7. The summed E-state index contributed by atoms with van der Waals surface area (Å²) in [7, 11) is 1.49. The first-order valence-electron chi connectivity index (χ1n) is 11.3. The van der Waals surface area contributed by atoms with Crippen molar-refractivity contribution < 1.29 is 36.6 Å². The Morgan fingerprint density at radius 3 is 2.29 bits per heavy atom. The zero-order chi connectivity index (χ0) is 27.4. The number of ether oxygens (including phenoxy) is 2. The van der Waals surface area contributed by atoms with E-state index in [9.17, 15) is 31.9 Å². The smallest absolute Gasteiger partial charge is 0.387 e. The van der Waals surface area contributed by atoms with E-state index in [0.29, 0.717) is 16.0 Å². The molecule has 200 valence electrons. The molecule has 2 atom stereocenters. The molecule has 4 rings (SSSR count). The minimum atomic E-state index is -3.03. The van der Waals surface area contributed by atoms with Crippen LogP contribution >= 0.6 is 0 Å². The van der Waals surface area contributed by atoms with E-state index in [1.165, 1.54) is 37.4 Å². The maximum atomic E-state index is 13.5. The largest absolute Gasteiger partial charge is 0.497 e. The van der Waals surface area contributed by atoms with Crippen LogP contribution in [0.2, 0.25) is 0 Å². The van der Waals surface area contributed by atoms with Crippen molar-refractivity contribution in [1.82, 2.24) is 15.1 Å². The van der Waals surface area contributed by atoms with Gasteiger partial charge in [0.2, 0.25) is 5.91 Å². The second-order valence-electron chi connectivity index (χ2n) is 8.28. The molecule has 2 aromatic carbocycles. The average molecular weight is 534 g/mol. The number of benzene rings is 2. The maximum absolute atomic E-state index is 13.5. The molecule has 1 fully saturated rings. The van der Waals surface area contributed by atoms with E-state index in [1.807, 2.05) is 0 Å². The third-order valence-corrected chi connectivity index (χ3v) is 5.98. The molecule has 0 saturated carbocycles. The number of hydrogen-bond acceptors (Lipinski definition) is 6. The predicted molar refractivity (Wildman–Crippen MR) is 127 cm³/mol. The Morgan fingerprint density at radius 2 is 1.68 bits per heavy atom. The second kappa shape index (κ2) is 11.3. The monoisotopic (exact) mass is 534 g/mol. The number of carbonyl (C=O) groups is 2. The van der Waals surface area contributed by atoms with Crippen molar-refractivity contribution in [1.29, 1.82) is 0 Å². The summed E-state index contributed by atoms with van der Waals surface area (Å²) in [6, 6.07) is 11.8. The molecule has 9 nitrogen and oxygen atoms in total. The van der Waals surface area contributed by atoms with Gasteiger partial charge >= 0.3 is 6.61 Å². The summed E-state index contributed by atoms with van der Waals surface area (Å²) in [5.74, 6) is -1.52. The van der Waals surface area contributed by atoms with Gasteiger partial charge in [-0.2, -0.15) is 13.9 Å². The van der Waals surface area contributed by atoms with E-state index < -0.39 is 48.9 Å². The lowest BCUT2D eigenvalue weighted by molar-refractivity contribution is -0.118. The second-order valence-corrected chi connectivity index (χ2v) is 8.28. The first-order chi connectivity index (χ1) is 18.2. The Morgan fingerprint density at radius 1 is 1.03 bits per heavy atom. The minimum Gasteiger partial charge on any atom is -0.497 e.